The second-order valence-corrected chi connectivity index (χ2v) is 8.30. The maximum Gasteiger partial charge on any atom is 0.416 e. The fourth-order valence-electron chi connectivity index (χ4n) is 3.14. The van der Waals surface area contributed by atoms with E-state index in [1.165, 1.54) is 19.2 Å². The number of carbonyl (C=O) groups excluding carboxylic acids is 3. The Hall–Kier alpha value is -3.22. The predicted octanol–water partition coefficient (Wildman–Crippen LogP) is 4.74. The Morgan fingerprint density at radius 2 is 1.59 bits per heavy atom. The first kappa shape index (κ1) is 25.4. The SMILES string of the molecule is COc1ccc(N2C(=O)CC(SCC(=O)Nc3cc(C(F)(F)F)cc(C(F)(F)F)c3)C2=O)cc1. The molecule has 1 atom stereocenters. The van der Waals surface area contributed by atoms with Gasteiger partial charge in [0.15, 0.2) is 0 Å². The average Bonchev–Trinajstić information content (AvgIpc) is 3.04. The lowest BCUT2D eigenvalue weighted by atomic mass is 10.1. The molecule has 0 saturated carbocycles. The molecule has 1 unspecified atom stereocenters. The number of methoxy groups -OCH3 is 1. The van der Waals surface area contributed by atoms with Crippen molar-refractivity contribution in [1.29, 1.82) is 0 Å². The van der Waals surface area contributed by atoms with E-state index in [-0.39, 0.29) is 12.5 Å². The first-order chi connectivity index (χ1) is 15.8. The summed E-state index contributed by atoms with van der Waals surface area (Å²) in [4.78, 5) is 38.0. The monoisotopic (exact) mass is 506 g/mol. The van der Waals surface area contributed by atoms with Gasteiger partial charge < -0.3 is 10.1 Å². The molecule has 0 bridgehead atoms. The third-order valence-corrected chi connectivity index (χ3v) is 5.92. The maximum atomic E-state index is 13.0. The highest BCUT2D eigenvalue weighted by Crippen LogP contribution is 2.38. The summed E-state index contributed by atoms with van der Waals surface area (Å²) in [7, 11) is 1.45. The van der Waals surface area contributed by atoms with Crippen LogP contribution in [0.15, 0.2) is 42.5 Å². The number of halogens is 6. The van der Waals surface area contributed by atoms with Crippen molar-refractivity contribution in [1.82, 2.24) is 0 Å². The van der Waals surface area contributed by atoms with Crippen LogP contribution in [0.1, 0.15) is 17.5 Å². The van der Waals surface area contributed by atoms with Gasteiger partial charge in [-0.2, -0.15) is 26.3 Å². The van der Waals surface area contributed by atoms with Crippen LogP contribution >= 0.6 is 11.8 Å². The molecular formula is C21H16F6N2O4S. The van der Waals surface area contributed by atoms with E-state index in [0.29, 0.717) is 23.6 Å². The number of hydrogen-bond acceptors (Lipinski definition) is 5. The third kappa shape index (κ3) is 5.82. The summed E-state index contributed by atoms with van der Waals surface area (Å²) in [6, 6.07) is 6.81. The molecule has 0 spiro atoms. The molecule has 0 aliphatic carbocycles. The van der Waals surface area contributed by atoms with Gasteiger partial charge in [0.25, 0.3) is 0 Å². The van der Waals surface area contributed by atoms with E-state index in [1.54, 1.807) is 12.1 Å². The number of carbonyl (C=O) groups is 3. The first-order valence-electron chi connectivity index (χ1n) is 9.51. The zero-order chi connectivity index (χ0) is 25.3. The van der Waals surface area contributed by atoms with Crippen molar-refractivity contribution in [3.8, 4) is 5.75 Å². The highest BCUT2D eigenvalue weighted by molar-refractivity contribution is 8.01. The van der Waals surface area contributed by atoms with Crippen LogP contribution in [0.5, 0.6) is 5.75 Å². The fraction of sp³-hybridized carbons (Fsp3) is 0.286. The standard InChI is InChI=1S/C21H16F6N2O4S/c1-33-15-4-2-14(3-5-15)29-18(31)9-16(19(29)32)34-10-17(30)28-13-7-11(20(22,23)24)6-12(8-13)21(25,26)27/h2-8,16H,9-10H2,1H3,(H,28,30). The highest BCUT2D eigenvalue weighted by atomic mass is 32.2. The van der Waals surface area contributed by atoms with E-state index < -0.39 is 57.9 Å². The number of rotatable bonds is 6. The molecule has 1 N–H and O–H groups in total. The quantitative estimate of drug-likeness (QED) is 0.453. The minimum atomic E-state index is -5.06. The number of ether oxygens (including phenoxy) is 1. The molecule has 1 heterocycles. The smallest absolute Gasteiger partial charge is 0.416 e. The molecule has 1 aliphatic heterocycles. The Morgan fingerprint density at radius 3 is 2.09 bits per heavy atom. The number of hydrogen-bond donors (Lipinski definition) is 1. The predicted molar refractivity (Wildman–Crippen MR) is 111 cm³/mol. The number of thioether (sulfide) groups is 1. The highest BCUT2D eigenvalue weighted by Gasteiger charge is 2.40. The molecule has 0 aromatic heterocycles. The molecule has 2 aromatic carbocycles. The fourth-order valence-corrected chi connectivity index (χ4v) is 4.07. The zero-order valence-corrected chi connectivity index (χ0v) is 18.1. The topological polar surface area (TPSA) is 75.7 Å². The number of benzene rings is 2. The molecule has 182 valence electrons. The minimum absolute atomic E-state index is 0.0546. The van der Waals surface area contributed by atoms with Crippen molar-refractivity contribution in [2.45, 2.75) is 24.0 Å². The lowest BCUT2D eigenvalue weighted by Gasteiger charge is -2.16. The van der Waals surface area contributed by atoms with E-state index in [9.17, 15) is 40.7 Å². The van der Waals surface area contributed by atoms with Gasteiger partial charge in [0.05, 0.1) is 34.9 Å². The Morgan fingerprint density at radius 1 is 1.03 bits per heavy atom. The lowest BCUT2D eigenvalue weighted by molar-refractivity contribution is -0.143. The molecule has 1 fully saturated rings. The molecule has 3 amide bonds. The average molecular weight is 506 g/mol. The summed E-state index contributed by atoms with van der Waals surface area (Å²) < 4.78 is 82.8. The van der Waals surface area contributed by atoms with Crippen LogP contribution in [0.25, 0.3) is 0 Å². The van der Waals surface area contributed by atoms with Crippen LogP contribution in [-0.2, 0) is 26.7 Å². The van der Waals surface area contributed by atoms with Crippen molar-refractivity contribution in [2.24, 2.45) is 0 Å². The van der Waals surface area contributed by atoms with Gasteiger partial charge >= 0.3 is 12.4 Å². The van der Waals surface area contributed by atoms with Crippen molar-refractivity contribution < 1.29 is 45.5 Å². The number of nitrogens with one attached hydrogen (secondary N) is 1. The Bertz CT molecular complexity index is 1070. The normalized spacial score (nSPS) is 16.7. The zero-order valence-electron chi connectivity index (χ0n) is 17.3. The summed E-state index contributed by atoms with van der Waals surface area (Å²) in [5.74, 6) is -2.00. The largest absolute Gasteiger partial charge is 0.497 e. The van der Waals surface area contributed by atoms with E-state index >= 15 is 0 Å². The summed E-state index contributed by atoms with van der Waals surface area (Å²) in [5.41, 5.74) is -3.54. The Kier molecular flexibility index (Phi) is 7.15. The van der Waals surface area contributed by atoms with Gasteiger partial charge in [-0.3, -0.25) is 14.4 Å². The molecular weight excluding hydrogens is 490 g/mol. The second kappa shape index (κ2) is 9.57. The summed E-state index contributed by atoms with van der Waals surface area (Å²) in [6.45, 7) is 0. The maximum absolute atomic E-state index is 13.0. The third-order valence-electron chi connectivity index (χ3n) is 4.72. The summed E-state index contributed by atoms with van der Waals surface area (Å²) >= 11 is 0.756. The van der Waals surface area contributed by atoms with E-state index in [4.69, 9.17) is 4.74 Å². The number of imide groups is 1. The molecule has 13 heteroatoms. The lowest BCUT2D eigenvalue weighted by Crippen LogP contribution is -2.31. The van der Waals surface area contributed by atoms with Crippen LogP contribution in [-0.4, -0.2) is 35.8 Å². The van der Waals surface area contributed by atoms with Crippen molar-refractivity contribution >= 4 is 40.9 Å². The first-order valence-corrected chi connectivity index (χ1v) is 10.6. The van der Waals surface area contributed by atoms with Crippen LogP contribution in [0.3, 0.4) is 0 Å². The summed E-state index contributed by atoms with van der Waals surface area (Å²) in [6.07, 6.45) is -10.3. The van der Waals surface area contributed by atoms with Crippen molar-refractivity contribution in [3.05, 3.63) is 53.6 Å². The molecule has 34 heavy (non-hydrogen) atoms. The molecule has 0 radical (unpaired) electrons. The van der Waals surface area contributed by atoms with E-state index in [1.807, 2.05) is 5.32 Å². The molecule has 2 aromatic rings. The number of alkyl halides is 6. The summed E-state index contributed by atoms with van der Waals surface area (Å²) in [5, 5.41) is 1.05. The molecule has 1 saturated heterocycles. The number of amides is 3. The van der Waals surface area contributed by atoms with Crippen LogP contribution in [0.4, 0.5) is 37.7 Å². The van der Waals surface area contributed by atoms with Gasteiger partial charge in [-0.1, -0.05) is 0 Å². The van der Waals surface area contributed by atoms with Gasteiger partial charge in [-0.25, -0.2) is 4.90 Å². The van der Waals surface area contributed by atoms with Crippen molar-refractivity contribution in [2.75, 3.05) is 23.1 Å². The second-order valence-electron chi connectivity index (χ2n) is 7.11. The van der Waals surface area contributed by atoms with E-state index in [0.717, 1.165) is 16.7 Å². The molecule has 6 nitrogen and oxygen atoms in total. The Balaban J connectivity index is 1.67. The van der Waals surface area contributed by atoms with Gasteiger partial charge in [0.1, 0.15) is 5.75 Å². The van der Waals surface area contributed by atoms with Gasteiger partial charge in [0.2, 0.25) is 17.7 Å². The minimum Gasteiger partial charge on any atom is -0.497 e. The number of anilines is 2. The van der Waals surface area contributed by atoms with E-state index in [2.05, 4.69) is 0 Å². The van der Waals surface area contributed by atoms with Crippen LogP contribution in [0.2, 0.25) is 0 Å². The molecule has 3 rings (SSSR count). The van der Waals surface area contributed by atoms with Crippen LogP contribution < -0.4 is 15.0 Å². The van der Waals surface area contributed by atoms with Gasteiger partial charge in [-0.15, -0.1) is 11.8 Å². The van der Waals surface area contributed by atoms with Gasteiger partial charge in [-0.05, 0) is 42.5 Å². The van der Waals surface area contributed by atoms with Gasteiger partial charge in [0, 0.05) is 12.1 Å². The number of nitrogens with zero attached hydrogens (tertiary/aromatic N) is 1. The van der Waals surface area contributed by atoms with Crippen LogP contribution in [0, 0.1) is 0 Å². The van der Waals surface area contributed by atoms with Crippen molar-refractivity contribution in [3.63, 3.8) is 0 Å². The molecule has 1 aliphatic rings. The Labute approximate surface area is 193 Å².